The molecule has 0 saturated carbocycles. The number of aromatic nitrogens is 2. The van der Waals surface area contributed by atoms with Crippen LogP contribution in [0.5, 0.6) is 11.6 Å². The van der Waals surface area contributed by atoms with Crippen molar-refractivity contribution in [2.24, 2.45) is 5.73 Å². The van der Waals surface area contributed by atoms with Gasteiger partial charge in [0.2, 0.25) is 15.7 Å². The molecule has 274 valence electrons. The number of hydrogen-bond donors (Lipinski definition) is 3. The first-order chi connectivity index (χ1) is 25.0. The standard InChI is InChI=1S/C35H40N8O8S/c1-20(2)41-11-9-40(10-12-41)17-22-18-50-28-16-23(15-26(43(45)46)31(28)38-22)52(47,48)30-5-3-4-24(33(36)44)32(30)42-25-7-13-49-19-29(25)51-35-27(42)14-21-6-8-37-34(21)39-35/h3-6,8,14-16,20,22,25,29,38H,7,9-13,17-19H2,1-2H3,(H2,36,44)(H,37,39)/t22-,25+,29+/m1/s1. The number of hydrogen-bond acceptors (Lipinski definition) is 13. The molecule has 4 aromatic rings. The maximum atomic E-state index is 14.8. The minimum Gasteiger partial charge on any atom is -0.489 e. The first-order valence-corrected chi connectivity index (χ1v) is 18.9. The van der Waals surface area contributed by atoms with Gasteiger partial charge < -0.3 is 35.1 Å². The molecular weight excluding hydrogens is 693 g/mol. The van der Waals surface area contributed by atoms with Crippen LogP contribution in [0.4, 0.5) is 22.7 Å². The number of sulfone groups is 1. The summed E-state index contributed by atoms with van der Waals surface area (Å²) in [6, 6.07) is 10.0. The fraction of sp³-hybridized carbons (Fsp3) is 0.429. The van der Waals surface area contributed by atoms with Gasteiger partial charge in [-0.05, 0) is 44.5 Å². The number of pyridine rings is 1. The summed E-state index contributed by atoms with van der Waals surface area (Å²) in [5, 5.41) is 16.5. The number of ether oxygens (including phenoxy) is 3. The summed E-state index contributed by atoms with van der Waals surface area (Å²) in [6.07, 6.45) is 1.63. The Morgan fingerprint density at radius 2 is 1.94 bits per heavy atom. The third-order valence-electron chi connectivity index (χ3n) is 10.4. The molecule has 52 heavy (non-hydrogen) atoms. The molecule has 8 rings (SSSR count). The number of benzene rings is 2. The lowest BCUT2D eigenvalue weighted by Gasteiger charge is -2.45. The monoisotopic (exact) mass is 732 g/mol. The Kier molecular flexibility index (Phi) is 8.68. The number of rotatable bonds is 8. The summed E-state index contributed by atoms with van der Waals surface area (Å²) in [4.78, 5) is 38.5. The number of nitrogens with zero attached hydrogens (tertiary/aromatic N) is 5. The Morgan fingerprint density at radius 3 is 2.69 bits per heavy atom. The first kappa shape index (κ1) is 34.1. The van der Waals surface area contributed by atoms with Crippen LogP contribution in [0.25, 0.3) is 11.0 Å². The van der Waals surface area contributed by atoms with Gasteiger partial charge in [-0.25, -0.2) is 8.42 Å². The number of para-hydroxylation sites is 1. The zero-order chi connectivity index (χ0) is 36.3. The summed E-state index contributed by atoms with van der Waals surface area (Å²) in [5.41, 5.74) is 6.62. The summed E-state index contributed by atoms with van der Waals surface area (Å²) >= 11 is 0. The molecule has 0 aliphatic carbocycles. The zero-order valence-corrected chi connectivity index (χ0v) is 29.6. The van der Waals surface area contributed by atoms with Gasteiger partial charge in [0, 0.05) is 69.1 Å². The second-order valence-corrected chi connectivity index (χ2v) is 15.8. The van der Waals surface area contributed by atoms with Gasteiger partial charge in [-0.1, -0.05) is 6.07 Å². The van der Waals surface area contributed by atoms with Gasteiger partial charge in [0.05, 0.1) is 44.7 Å². The fourth-order valence-electron chi connectivity index (χ4n) is 7.69. The molecule has 4 aliphatic heterocycles. The van der Waals surface area contributed by atoms with Gasteiger partial charge in [0.25, 0.3) is 11.6 Å². The quantitative estimate of drug-likeness (QED) is 0.176. The molecule has 0 radical (unpaired) electrons. The minimum absolute atomic E-state index is 0.0326. The van der Waals surface area contributed by atoms with Crippen LogP contribution in [0, 0.1) is 10.1 Å². The highest BCUT2D eigenvalue weighted by molar-refractivity contribution is 7.91. The van der Waals surface area contributed by atoms with Gasteiger partial charge in [0.15, 0.2) is 11.4 Å². The van der Waals surface area contributed by atoms with Crippen LogP contribution in [0.2, 0.25) is 0 Å². The number of H-pyrrole nitrogens is 1. The summed E-state index contributed by atoms with van der Waals surface area (Å²) < 4.78 is 47.7. The largest absolute Gasteiger partial charge is 0.489 e. The highest BCUT2D eigenvalue weighted by atomic mass is 32.2. The average Bonchev–Trinajstić information content (AvgIpc) is 3.59. The number of fused-ring (bicyclic) bond motifs is 4. The van der Waals surface area contributed by atoms with Gasteiger partial charge in [-0.2, -0.15) is 4.98 Å². The van der Waals surface area contributed by atoms with E-state index < -0.39 is 38.5 Å². The molecule has 16 nitrogen and oxygen atoms in total. The van der Waals surface area contributed by atoms with Crippen molar-refractivity contribution in [2.75, 3.05) is 62.8 Å². The molecule has 2 saturated heterocycles. The normalized spacial score (nSPS) is 22.1. The Hall–Kier alpha value is -4.97. The van der Waals surface area contributed by atoms with Gasteiger partial charge >= 0.3 is 0 Å². The Labute approximate surface area is 299 Å². The Bertz CT molecular complexity index is 2170. The smallest absolute Gasteiger partial charge is 0.297 e. The lowest BCUT2D eigenvalue weighted by Crippen LogP contribution is -2.53. The molecule has 0 unspecified atom stereocenters. The van der Waals surface area contributed by atoms with Crippen molar-refractivity contribution in [3.05, 3.63) is 64.3 Å². The summed E-state index contributed by atoms with van der Waals surface area (Å²) in [6.45, 7) is 9.32. The van der Waals surface area contributed by atoms with E-state index >= 15 is 0 Å². The van der Waals surface area contributed by atoms with Crippen LogP contribution < -0.4 is 25.4 Å². The Morgan fingerprint density at radius 1 is 1.13 bits per heavy atom. The third kappa shape index (κ3) is 5.96. The second-order valence-electron chi connectivity index (χ2n) is 13.9. The number of anilines is 3. The van der Waals surface area contributed by atoms with Crippen molar-refractivity contribution in [1.82, 2.24) is 19.8 Å². The molecule has 3 atom stereocenters. The molecular formula is C35H40N8O8S. The van der Waals surface area contributed by atoms with E-state index in [2.05, 4.69) is 38.9 Å². The number of carbonyl (C=O) groups is 1. The van der Waals surface area contributed by atoms with Crippen LogP contribution in [0.3, 0.4) is 0 Å². The first-order valence-electron chi connectivity index (χ1n) is 17.4. The maximum Gasteiger partial charge on any atom is 0.297 e. The number of primary amides is 1. The maximum absolute atomic E-state index is 14.8. The molecule has 2 aromatic heterocycles. The van der Waals surface area contributed by atoms with Gasteiger partial charge in [-0.15, -0.1) is 0 Å². The molecule has 17 heteroatoms. The lowest BCUT2D eigenvalue weighted by molar-refractivity contribution is -0.384. The van der Waals surface area contributed by atoms with E-state index in [9.17, 15) is 23.3 Å². The SMILES string of the molecule is CC(C)N1CCN(C[C@@H]2COc3cc(S(=O)(=O)c4cccc(C(N)=O)c4N4c5cc6cc[nH]c6nc5O[C@H]5COCC[C@@H]54)cc([N+](=O)[O-])c3N2)CC1. The minimum atomic E-state index is -4.56. The number of carbonyl (C=O) groups excluding carboxylic acids is 1. The molecule has 0 bridgehead atoms. The number of nitrogens with one attached hydrogen (secondary N) is 2. The highest BCUT2D eigenvalue weighted by Gasteiger charge is 2.44. The van der Waals surface area contributed by atoms with Crippen LogP contribution in [-0.4, -0.2) is 116 Å². The predicted octanol–water partition coefficient (Wildman–Crippen LogP) is 3.29. The lowest BCUT2D eigenvalue weighted by atomic mass is 9.98. The highest BCUT2D eigenvalue weighted by Crippen LogP contribution is 2.48. The number of nitrogens with two attached hydrogens (primary N) is 1. The van der Waals surface area contributed by atoms with Crippen molar-refractivity contribution >= 4 is 49.5 Å². The zero-order valence-electron chi connectivity index (χ0n) is 28.8. The second kappa shape index (κ2) is 13.2. The van der Waals surface area contributed by atoms with E-state index in [1.165, 1.54) is 24.3 Å². The number of amides is 1. The average molecular weight is 733 g/mol. The van der Waals surface area contributed by atoms with Gasteiger partial charge in [-0.3, -0.25) is 24.7 Å². The molecule has 4 N–H and O–H groups in total. The third-order valence-corrected chi connectivity index (χ3v) is 12.1. The van der Waals surface area contributed by atoms with E-state index in [1.54, 1.807) is 11.1 Å². The van der Waals surface area contributed by atoms with Crippen molar-refractivity contribution in [3.8, 4) is 11.6 Å². The van der Waals surface area contributed by atoms with Gasteiger partial charge in [0.1, 0.15) is 24.0 Å². The molecule has 4 aliphatic rings. The van der Waals surface area contributed by atoms with Crippen molar-refractivity contribution in [1.29, 1.82) is 0 Å². The van der Waals surface area contributed by atoms with Crippen molar-refractivity contribution in [3.63, 3.8) is 0 Å². The van der Waals surface area contributed by atoms with Crippen LogP contribution in [0.1, 0.15) is 30.6 Å². The predicted molar refractivity (Wildman–Crippen MR) is 191 cm³/mol. The van der Waals surface area contributed by atoms with E-state index in [1.807, 2.05) is 12.1 Å². The van der Waals surface area contributed by atoms with Crippen LogP contribution in [-0.2, 0) is 14.6 Å². The summed E-state index contributed by atoms with van der Waals surface area (Å²) in [5.74, 6) is -0.564. The van der Waals surface area contributed by atoms with Crippen molar-refractivity contribution in [2.45, 2.75) is 54.3 Å². The molecule has 1 amide bonds. The van der Waals surface area contributed by atoms with E-state index in [4.69, 9.17) is 19.9 Å². The fourth-order valence-corrected chi connectivity index (χ4v) is 9.19. The molecule has 2 fully saturated rings. The number of piperazine rings is 1. The van der Waals surface area contributed by atoms with Crippen LogP contribution in [0.15, 0.2) is 58.5 Å². The summed E-state index contributed by atoms with van der Waals surface area (Å²) in [7, 11) is -4.56. The number of nitro groups is 1. The number of nitro benzene ring substituents is 1. The number of aromatic amines is 1. The molecule has 0 spiro atoms. The van der Waals surface area contributed by atoms with E-state index in [0.29, 0.717) is 36.9 Å². The van der Waals surface area contributed by atoms with Crippen molar-refractivity contribution < 1.29 is 32.3 Å². The topological polar surface area (TPSA) is 198 Å². The van der Waals surface area contributed by atoms with E-state index in [0.717, 1.165) is 37.6 Å². The molecule has 2 aromatic carbocycles. The van der Waals surface area contributed by atoms with E-state index in [-0.39, 0.29) is 57.6 Å². The Balaban J connectivity index is 1.19. The molecule has 6 heterocycles. The van der Waals surface area contributed by atoms with Crippen LogP contribution >= 0.6 is 0 Å².